The molecular formula is C12H18N2O3. The van der Waals surface area contributed by atoms with E-state index in [1.165, 1.54) is 0 Å². The fourth-order valence-corrected chi connectivity index (χ4v) is 1.40. The van der Waals surface area contributed by atoms with Crippen molar-refractivity contribution in [3.8, 4) is 11.5 Å². The quantitative estimate of drug-likeness (QED) is 0.790. The van der Waals surface area contributed by atoms with Gasteiger partial charge in [-0.25, -0.2) is 0 Å². The van der Waals surface area contributed by atoms with Crippen molar-refractivity contribution in [1.29, 1.82) is 0 Å². The van der Waals surface area contributed by atoms with E-state index in [-0.39, 0.29) is 5.91 Å². The molecule has 0 spiro atoms. The molecule has 1 amide bonds. The molecule has 1 aromatic carbocycles. The molecule has 0 bridgehead atoms. The number of carbonyl (C=O) groups excluding carboxylic acids is 1. The summed E-state index contributed by atoms with van der Waals surface area (Å²) in [6.07, 6.45) is -0.558. The van der Waals surface area contributed by atoms with Gasteiger partial charge in [-0.05, 0) is 24.6 Å². The van der Waals surface area contributed by atoms with Crippen molar-refractivity contribution in [3.05, 3.63) is 23.8 Å². The van der Waals surface area contributed by atoms with Gasteiger partial charge in [-0.15, -0.1) is 0 Å². The second kappa shape index (κ2) is 6.10. The number of hydrogen-bond donors (Lipinski definition) is 2. The average Bonchev–Trinajstić information content (AvgIpc) is 2.36. The van der Waals surface area contributed by atoms with E-state index in [2.05, 4.69) is 5.32 Å². The molecule has 1 atom stereocenters. The van der Waals surface area contributed by atoms with Gasteiger partial charge in [-0.1, -0.05) is 0 Å². The van der Waals surface area contributed by atoms with Gasteiger partial charge in [-0.3, -0.25) is 4.79 Å². The van der Waals surface area contributed by atoms with Crippen LogP contribution in [0.4, 0.5) is 0 Å². The van der Waals surface area contributed by atoms with Gasteiger partial charge >= 0.3 is 0 Å². The largest absolute Gasteiger partial charge is 0.497 e. The van der Waals surface area contributed by atoms with Gasteiger partial charge in [0.15, 0.2) is 6.10 Å². The number of benzene rings is 1. The Kier molecular flexibility index (Phi) is 4.78. The maximum atomic E-state index is 11.3. The molecule has 5 nitrogen and oxygen atoms in total. The summed E-state index contributed by atoms with van der Waals surface area (Å²) in [4.78, 5) is 11.3. The van der Waals surface area contributed by atoms with Crippen LogP contribution in [-0.4, -0.2) is 26.2 Å². The Labute approximate surface area is 101 Å². The van der Waals surface area contributed by atoms with E-state index < -0.39 is 6.10 Å². The highest BCUT2D eigenvalue weighted by atomic mass is 16.5. The van der Waals surface area contributed by atoms with Crippen LogP contribution in [0.2, 0.25) is 0 Å². The topological polar surface area (TPSA) is 73.6 Å². The summed E-state index contributed by atoms with van der Waals surface area (Å²) in [6, 6.07) is 5.35. The van der Waals surface area contributed by atoms with Gasteiger partial charge < -0.3 is 20.5 Å². The molecule has 0 saturated heterocycles. The Morgan fingerprint density at radius 3 is 2.59 bits per heavy atom. The minimum Gasteiger partial charge on any atom is -0.497 e. The summed E-state index contributed by atoms with van der Waals surface area (Å²) in [6.45, 7) is 2.07. The first kappa shape index (κ1) is 13.3. The third-order valence-corrected chi connectivity index (χ3v) is 2.34. The van der Waals surface area contributed by atoms with Gasteiger partial charge in [0, 0.05) is 19.7 Å². The molecule has 94 valence electrons. The maximum Gasteiger partial charge on any atom is 0.260 e. The van der Waals surface area contributed by atoms with E-state index in [0.29, 0.717) is 18.0 Å². The van der Waals surface area contributed by atoms with Crippen LogP contribution in [0.25, 0.3) is 0 Å². The first-order valence-electron chi connectivity index (χ1n) is 5.37. The average molecular weight is 238 g/mol. The van der Waals surface area contributed by atoms with Crippen molar-refractivity contribution in [2.75, 3.05) is 14.2 Å². The van der Waals surface area contributed by atoms with E-state index >= 15 is 0 Å². The lowest BCUT2D eigenvalue weighted by Crippen LogP contribution is -2.33. The number of hydrogen-bond acceptors (Lipinski definition) is 4. The lowest BCUT2D eigenvalue weighted by molar-refractivity contribution is -0.126. The number of rotatable bonds is 5. The second-order valence-electron chi connectivity index (χ2n) is 3.60. The summed E-state index contributed by atoms with van der Waals surface area (Å²) >= 11 is 0. The number of methoxy groups -OCH3 is 1. The Bertz CT molecular complexity index is 371. The van der Waals surface area contributed by atoms with E-state index in [1.54, 1.807) is 33.2 Å². The molecule has 0 aliphatic rings. The number of likely N-dealkylation sites (N-methyl/N-ethyl adjacent to an activating group) is 1. The molecule has 5 heteroatoms. The molecule has 0 aliphatic carbocycles. The molecule has 1 aromatic rings. The van der Waals surface area contributed by atoms with Gasteiger partial charge in [0.2, 0.25) is 0 Å². The van der Waals surface area contributed by atoms with Crippen LogP contribution in [0.5, 0.6) is 11.5 Å². The third-order valence-electron chi connectivity index (χ3n) is 2.34. The second-order valence-corrected chi connectivity index (χ2v) is 3.60. The zero-order chi connectivity index (χ0) is 12.8. The van der Waals surface area contributed by atoms with Crippen LogP contribution in [0.15, 0.2) is 18.2 Å². The number of amides is 1. The Morgan fingerprint density at radius 1 is 1.41 bits per heavy atom. The van der Waals surface area contributed by atoms with Gasteiger partial charge in [-0.2, -0.15) is 0 Å². The molecule has 1 unspecified atom stereocenters. The molecule has 0 heterocycles. The zero-order valence-electron chi connectivity index (χ0n) is 10.3. The van der Waals surface area contributed by atoms with Crippen molar-refractivity contribution in [3.63, 3.8) is 0 Å². The molecule has 0 aliphatic heterocycles. The molecule has 0 fully saturated rings. The smallest absolute Gasteiger partial charge is 0.260 e. The van der Waals surface area contributed by atoms with Crippen molar-refractivity contribution in [2.45, 2.75) is 19.6 Å². The first-order valence-corrected chi connectivity index (χ1v) is 5.37. The maximum absolute atomic E-state index is 11.3. The Morgan fingerprint density at radius 2 is 2.06 bits per heavy atom. The molecular weight excluding hydrogens is 220 g/mol. The summed E-state index contributed by atoms with van der Waals surface area (Å²) in [5, 5.41) is 2.52. The number of nitrogens with one attached hydrogen (secondary N) is 1. The minimum atomic E-state index is -0.558. The van der Waals surface area contributed by atoms with Crippen LogP contribution < -0.4 is 20.5 Å². The van der Waals surface area contributed by atoms with Crippen molar-refractivity contribution < 1.29 is 14.3 Å². The SMILES string of the molecule is CNC(=O)C(C)Oc1cc(CN)cc(OC)c1. The Balaban J connectivity index is 2.86. The number of ether oxygens (including phenoxy) is 2. The summed E-state index contributed by atoms with van der Waals surface area (Å²) < 4.78 is 10.6. The molecule has 17 heavy (non-hydrogen) atoms. The monoisotopic (exact) mass is 238 g/mol. The van der Waals surface area contributed by atoms with Crippen molar-refractivity contribution in [2.24, 2.45) is 5.73 Å². The molecule has 3 N–H and O–H groups in total. The highest BCUT2D eigenvalue weighted by Crippen LogP contribution is 2.23. The van der Waals surface area contributed by atoms with Crippen molar-refractivity contribution in [1.82, 2.24) is 5.32 Å². The summed E-state index contributed by atoms with van der Waals surface area (Å²) in [5.41, 5.74) is 6.46. The third kappa shape index (κ3) is 3.64. The highest BCUT2D eigenvalue weighted by molar-refractivity contribution is 5.80. The van der Waals surface area contributed by atoms with E-state index in [9.17, 15) is 4.79 Å². The van der Waals surface area contributed by atoms with E-state index in [4.69, 9.17) is 15.2 Å². The number of carbonyl (C=O) groups is 1. The molecule has 1 rings (SSSR count). The standard InChI is InChI=1S/C12H18N2O3/c1-8(12(15)14-2)17-11-5-9(7-13)4-10(6-11)16-3/h4-6,8H,7,13H2,1-3H3,(H,14,15). The summed E-state index contributed by atoms with van der Waals surface area (Å²) in [5.74, 6) is 1.05. The lowest BCUT2D eigenvalue weighted by Gasteiger charge is -2.14. The fraction of sp³-hybridized carbons (Fsp3) is 0.417. The fourth-order valence-electron chi connectivity index (χ4n) is 1.40. The Hall–Kier alpha value is -1.75. The van der Waals surface area contributed by atoms with Crippen LogP contribution in [-0.2, 0) is 11.3 Å². The highest BCUT2D eigenvalue weighted by Gasteiger charge is 2.13. The predicted molar refractivity (Wildman–Crippen MR) is 65.0 cm³/mol. The van der Waals surface area contributed by atoms with Crippen LogP contribution in [0.1, 0.15) is 12.5 Å². The van der Waals surface area contributed by atoms with E-state index in [1.807, 2.05) is 6.07 Å². The summed E-state index contributed by atoms with van der Waals surface area (Å²) in [7, 11) is 3.14. The van der Waals surface area contributed by atoms with Gasteiger partial charge in [0.25, 0.3) is 5.91 Å². The molecule has 0 saturated carbocycles. The number of nitrogens with two attached hydrogens (primary N) is 1. The van der Waals surface area contributed by atoms with Crippen LogP contribution >= 0.6 is 0 Å². The first-order chi connectivity index (χ1) is 8.10. The predicted octanol–water partition coefficient (Wildman–Crippen LogP) is 0.667. The lowest BCUT2D eigenvalue weighted by atomic mass is 10.2. The van der Waals surface area contributed by atoms with Crippen molar-refractivity contribution >= 4 is 5.91 Å². The van der Waals surface area contributed by atoms with Crippen LogP contribution in [0.3, 0.4) is 0 Å². The van der Waals surface area contributed by atoms with Gasteiger partial charge in [0.1, 0.15) is 11.5 Å². The minimum absolute atomic E-state index is 0.179. The normalized spacial score (nSPS) is 11.8. The molecule has 0 radical (unpaired) electrons. The van der Waals surface area contributed by atoms with Gasteiger partial charge in [0.05, 0.1) is 7.11 Å². The van der Waals surface area contributed by atoms with Crippen LogP contribution in [0, 0.1) is 0 Å². The molecule has 0 aromatic heterocycles. The zero-order valence-corrected chi connectivity index (χ0v) is 10.3. The van der Waals surface area contributed by atoms with E-state index in [0.717, 1.165) is 5.56 Å².